The molecular formula is C25H27N3O5. The lowest BCUT2D eigenvalue weighted by Crippen LogP contribution is -2.52. The van der Waals surface area contributed by atoms with Crippen LogP contribution in [0.1, 0.15) is 50.8 Å². The van der Waals surface area contributed by atoms with E-state index in [2.05, 4.69) is 0 Å². The summed E-state index contributed by atoms with van der Waals surface area (Å²) >= 11 is 0. The minimum absolute atomic E-state index is 0.0132. The summed E-state index contributed by atoms with van der Waals surface area (Å²) in [5.41, 5.74) is 0.645. The summed E-state index contributed by atoms with van der Waals surface area (Å²) in [6.45, 7) is 1.84. The average Bonchev–Trinajstić information content (AvgIpc) is 3.26. The topological polar surface area (TPSA) is 88.2 Å². The number of hydrogen-bond donors (Lipinski definition) is 1. The number of piperidine rings is 1. The largest absolute Gasteiger partial charge is 0.489 e. The number of fused-ring (bicyclic) bond motifs is 1. The highest BCUT2D eigenvalue weighted by molar-refractivity contribution is 6.05. The van der Waals surface area contributed by atoms with Crippen molar-refractivity contribution in [3.05, 3.63) is 64.6 Å². The maximum atomic E-state index is 13.2. The number of ether oxygens (including phenoxy) is 2. The Morgan fingerprint density at radius 2 is 1.88 bits per heavy atom. The second kappa shape index (κ2) is 9.33. The number of morpholine rings is 1. The highest BCUT2D eigenvalue weighted by atomic mass is 16.5. The molecule has 2 aromatic carbocycles. The Hall–Kier alpha value is -3.23. The van der Waals surface area contributed by atoms with Crippen LogP contribution >= 0.6 is 0 Å². The van der Waals surface area contributed by atoms with Gasteiger partial charge < -0.3 is 14.4 Å². The van der Waals surface area contributed by atoms with Gasteiger partial charge in [-0.15, -0.1) is 0 Å². The molecule has 0 saturated carbocycles. The Morgan fingerprint density at radius 3 is 2.67 bits per heavy atom. The van der Waals surface area contributed by atoms with Crippen LogP contribution in [0, 0.1) is 0 Å². The van der Waals surface area contributed by atoms with E-state index in [1.54, 1.807) is 0 Å². The number of carbonyl (C=O) groups is 3. The first-order chi connectivity index (χ1) is 19.3. The van der Waals surface area contributed by atoms with Crippen LogP contribution in [-0.4, -0.2) is 59.9 Å². The van der Waals surface area contributed by atoms with E-state index in [4.69, 9.17) is 20.4 Å². The molecule has 5 rings (SSSR count). The molecule has 2 saturated heterocycles. The van der Waals surface area contributed by atoms with E-state index < -0.39 is 36.5 Å². The van der Waals surface area contributed by atoms with Gasteiger partial charge >= 0.3 is 0 Å². The molecule has 1 atom stereocenters. The molecule has 2 fully saturated rings. The van der Waals surface area contributed by atoms with Crippen LogP contribution < -0.4 is 10.1 Å². The Bertz CT molecular complexity index is 1420. The SMILES string of the molecule is [2H]c1c([2H])c(CN2CCOCC2)c([2H])c([2H])c1COc1cccc2c1CN(C1C(=O)NC(=O)C([2H])([2H])C1([2H])[2H])C2=O. The van der Waals surface area contributed by atoms with Crippen molar-refractivity contribution in [3.63, 3.8) is 0 Å². The zero-order valence-electron chi connectivity index (χ0n) is 25.7. The number of hydrogen-bond acceptors (Lipinski definition) is 6. The Balaban J connectivity index is 1.40. The molecule has 3 amide bonds. The fraction of sp³-hybridized carbons (Fsp3) is 0.400. The van der Waals surface area contributed by atoms with Crippen molar-refractivity contribution in [1.82, 2.24) is 15.1 Å². The lowest BCUT2D eigenvalue weighted by atomic mass is 10.0. The van der Waals surface area contributed by atoms with E-state index >= 15 is 0 Å². The number of amides is 3. The normalized spacial score (nSPS) is 27.7. The van der Waals surface area contributed by atoms with Crippen molar-refractivity contribution in [2.75, 3.05) is 26.3 Å². The lowest BCUT2D eigenvalue weighted by Gasteiger charge is -2.29. The standard InChI is InChI=1S/C25H27N3O5/c29-23-9-8-21(24(30)26-23)28-15-20-19(25(28)31)2-1-3-22(20)33-16-18-6-4-17(5-7-18)14-27-10-12-32-13-11-27/h1-7,21H,8-16H2,(H,26,29,30)/i4D,5D,6D,7D,8D2,9D2. The number of benzene rings is 2. The minimum atomic E-state index is -3.08. The van der Waals surface area contributed by atoms with Crippen LogP contribution in [0.5, 0.6) is 5.75 Å². The van der Waals surface area contributed by atoms with Gasteiger partial charge in [0, 0.05) is 42.6 Å². The molecule has 0 bridgehead atoms. The Kier molecular flexibility index (Phi) is 3.99. The molecule has 8 heteroatoms. The fourth-order valence-electron chi connectivity index (χ4n) is 3.95. The quantitative estimate of drug-likeness (QED) is 0.667. The predicted molar refractivity (Wildman–Crippen MR) is 119 cm³/mol. The molecule has 0 aliphatic carbocycles. The van der Waals surface area contributed by atoms with E-state index in [1.165, 1.54) is 18.2 Å². The van der Waals surface area contributed by atoms with Crippen molar-refractivity contribution >= 4 is 17.7 Å². The molecule has 1 N–H and O–H groups in total. The zero-order chi connectivity index (χ0) is 29.9. The van der Waals surface area contributed by atoms with Crippen molar-refractivity contribution < 1.29 is 34.8 Å². The number of imide groups is 1. The molecule has 0 aromatic heterocycles. The van der Waals surface area contributed by atoms with Gasteiger partial charge in [0.05, 0.1) is 25.2 Å². The second-order valence-electron chi connectivity index (χ2n) is 7.84. The third kappa shape index (κ3) is 4.62. The molecule has 1 unspecified atom stereocenters. The van der Waals surface area contributed by atoms with Gasteiger partial charge in [0.2, 0.25) is 11.8 Å². The van der Waals surface area contributed by atoms with Gasteiger partial charge in [-0.1, -0.05) is 30.2 Å². The smallest absolute Gasteiger partial charge is 0.255 e. The molecule has 2 aromatic rings. The average molecular weight is 458 g/mol. The van der Waals surface area contributed by atoms with E-state index in [0.29, 0.717) is 26.3 Å². The van der Waals surface area contributed by atoms with E-state index in [0.717, 1.165) is 4.90 Å². The monoisotopic (exact) mass is 457 g/mol. The summed E-state index contributed by atoms with van der Waals surface area (Å²) in [5.74, 6) is -3.17. The van der Waals surface area contributed by atoms with Gasteiger partial charge in [-0.05, 0) is 29.6 Å². The van der Waals surface area contributed by atoms with Gasteiger partial charge in [-0.3, -0.25) is 24.6 Å². The maximum absolute atomic E-state index is 13.2. The summed E-state index contributed by atoms with van der Waals surface area (Å²) in [6, 6.07) is 1.66. The van der Waals surface area contributed by atoms with Crippen molar-refractivity contribution in [3.8, 4) is 5.75 Å². The summed E-state index contributed by atoms with van der Waals surface area (Å²) < 4.78 is 77.5. The summed E-state index contributed by atoms with van der Waals surface area (Å²) in [5, 5.41) is 1.81. The van der Waals surface area contributed by atoms with Gasteiger partial charge in [-0.2, -0.15) is 0 Å². The number of nitrogens with one attached hydrogen (secondary N) is 1. The maximum Gasteiger partial charge on any atom is 0.255 e. The van der Waals surface area contributed by atoms with Crippen LogP contribution in [0.25, 0.3) is 0 Å². The van der Waals surface area contributed by atoms with Gasteiger partial charge in [-0.25, -0.2) is 0 Å². The van der Waals surface area contributed by atoms with Gasteiger partial charge in [0.15, 0.2) is 0 Å². The molecule has 33 heavy (non-hydrogen) atoms. The summed E-state index contributed by atoms with van der Waals surface area (Å²) in [7, 11) is 0. The minimum Gasteiger partial charge on any atom is -0.489 e. The van der Waals surface area contributed by atoms with E-state index in [1.807, 2.05) is 10.2 Å². The molecule has 3 aliphatic heterocycles. The molecule has 3 heterocycles. The number of nitrogens with zero attached hydrogens (tertiary/aromatic N) is 2. The highest BCUT2D eigenvalue weighted by Crippen LogP contribution is 2.34. The molecule has 3 aliphatic rings. The van der Waals surface area contributed by atoms with Crippen LogP contribution in [0.3, 0.4) is 0 Å². The summed E-state index contributed by atoms with van der Waals surface area (Å²) in [6.07, 6.45) is -6.10. The Morgan fingerprint density at radius 1 is 1.12 bits per heavy atom. The third-order valence-electron chi connectivity index (χ3n) is 5.66. The molecule has 0 spiro atoms. The van der Waals surface area contributed by atoms with E-state index in [9.17, 15) is 14.4 Å². The Labute approximate surface area is 203 Å². The van der Waals surface area contributed by atoms with Gasteiger partial charge in [0.25, 0.3) is 5.91 Å². The summed E-state index contributed by atoms with van der Waals surface area (Å²) in [4.78, 5) is 40.7. The number of carbonyl (C=O) groups excluding carboxylic acids is 3. The first kappa shape index (κ1) is 14.1. The van der Waals surface area contributed by atoms with Gasteiger partial charge in [0.1, 0.15) is 18.4 Å². The van der Waals surface area contributed by atoms with Crippen molar-refractivity contribution in [1.29, 1.82) is 0 Å². The first-order valence-corrected chi connectivity index (χ1v) is 10.6. The van der Waals surface area contributed by atoms with Crippen LogP contribution in [0.2, 0.25) is 0 Å². The molecule has 8 nitrogen and oxygen atoms in total. The molecular weight excluding hydrogens is 422 g/mol. The highest BCUT2D eigenvalue weighted by Gasteiger charge is 2.40. The first-order valence-electron chi connectivity index (χ1n) is 14.6. The third-order valence-corrected chi connectivity index (χ3v) is 5.66. The van der Waals surface area contributed by atoms with Crippen LogP contribution in [0.4, 0.5) is 0 Å². The van der Waals surface area contributed by atoms with Crippen LogP contribution in [0.15, 0.2) is 42.4 Å². The van der Waals surface area contributed by atoms with Crippen molar-refractivity contribution in [2.24, 2.45) is 0 Å². The zero-order valence-corrected chi connectivity index (χ0v) is 17.7. The number of rotatable bonds is 6. The molecule has 0 radical (unpaired) electrons. The molecule has 172 valence electrons. The second-order valence-corrected chi connectivity index (χ2v) is 7.84. The van der Waals surface area contributed by atoms with Crippen molar-refractivity contribution in [2.45, 2.75) is 38.5 Å². The lowest BCUT2D eigenvalue weighted by molar-refractivity contribution is -0.136. The van der Waals surface area contributed by atoms with E-state index in [-0.39, 0.29) is 71.9 Å². The predicted octanol–water partition coefficient (Wildman–Crippen LogP) is 1.86. The van der Waals surface area contributed by atoms with Crippen LogP contribution in [-0.2, 0) is 34.0 Å². The fourth-order valence-corrected chi connectivity index (χ4v) is 3.95.